The molecular weight excluding hydrogens is 330 g/mol. The van der Waals surface area contributed by atoms with Crippen molar-refractivity contribution in [1.82, 2.24) is 0 Å². The SMILES string of the molecule is CC1(Cl)C=CC([N+](=O)[O-])C(N=Nc2cccc(C(C)(C)C)c2O)=C1. The lowest BCUT2D eigenvalue weighted by atomic mass is 9.86. The molecule has 1 aromatic carbocycles. The van der Waals surface area contributed by atoms with Crippen LogP contribution in [0.4, 0.5) is 5.69 Å². The molecule has 0 aromatic heterocycles. The van der Waals surface area contributed by atoms with E-state index in [0.29, 0.717) is 0 Å². The second kappa shape index (κ2) is 6.36. The zero-order valence-corrected chi connectivity index (χ0v) is 14.8. The van der Waals surface area contributed by atoms with E-state index in [2.05, 4.69) is 10.2 Å². The fraction of sp³-hybridized carbons (Fsp3) is 0.412. The monoisotopic (exact) mass is 349 g/mol. The molecule has 0 saturated carbocycles. The molecule has 0 bridgehead atoms. The van der Waals surface area contributed by atoms with Gasteiger partial charge in [0.05, 0.1) is 4.87 Å². The van der Waals surface area contributed by atoms with Crippen LogP contribution in [0.1, 0.15) is 33.3 Å². The first-order chi connectivity index (χ1) is 11.0. The van der Waals surface area contributed by atoms with Crippen molar-refractivity contribution in [3.05, 3.63) is 57.8 Å². The fourth-order valence-electron chi connectivity index (χ4n) is 2.40. The van der Waals surface area contributed by atoms with Gasteiger partial charge in [0.15, 0.2) is 0 Å². The Labute approximate surface area is 145 Å². The average molecular weight is 350 g/mol. The van der Waals surface area contributed by atoms with Gasteiger partial charge in [0.25, 0.3) is 6.04 Å². The first-order valence-electron chi connectivity index (χ1n) is 7.50. The Morgan fingerprint density at radius 3 is 2.58 bits per heavy atom. The van der Waals surface area contributed by atoms with Crippen molar-refractivity contribution in [2.24, 2.45) is 10.2 Å². The fourth-order valence-corrected chi connectivity index (χ4v) is 2.58. The lowest BCUT2D eigenvalue weighted by molar-refractivity contribution is -0.499. The summed E-state index contributed by atoms with van der Waals surface area (Å²) in [5.41, 5.74) is 0.863. The Morgan fingerprint density at radius 1 is 1.33 bits per heavy atom. The van der Waals surface area contributed by atoms with Crippen LogP contribution in [0, 0.1) is 10.1 Å². The number of benzene rings is 1. The van der Waals surface area contributed by atoms with Crippen LogP contribution in [0.15, 0.2) is 52.4 Å². The van der Waals surface area contributed by atoms with Gasteiger partial charge in [0.1, 0.15) is 17.1 Å². The molecule has 0 spiro atoms. The van der Waals surface area contributed by atoms with Gasteiger partial charge in [-0.3, -0.25) is 10.1 Å². The summed E-state index contributed by atoms with van der Waals surface area (Å²) >= 11 is 6.20. The van der Waals surface area contributed by atoms with Crippen molar-refractivity contribution in [2.75, 3.05) is 0 Å². The number of halogens is 1. The molecule has 2 atom stereocenters. The third-order valence-electron chi connectivity index (χ3n) is 3.66. The first kappa shape index (κ1) is 18.1. The number of phenolic OH excluding ortho intramolecular Hbond substituents is 1. The van der Waals surface area contributed by atoms with Crippen LogP contribution in [-0.2, 0) is 5.41 Å². The quantitative estimate of drug-likeness (QED) is 0.277. The molecule has 2 rings (SSSR count). The molecule has 0 radical (unpaired) electrons. The van der Waals surface area contributed by atoms with Crippen molar-refractivity contribution >= 4 is 17.3 Å². The summed E-state index contributed by atoms with van der Waals surface area (Å²) in [5.74, 6) is 0.0204. The van der Waals surface area contributed by atoms with E-state index >= 15 is 0 Å². The number of nitro groups is 1. The van der Waals surface area contributed by atoms with E-state index in [-0.39, 0.29) is 22.5 Å². The standard InChI is InChI=1S/C17H20ClN3O3/c1-16(2,3)11-6-5-7-12(15(11)22)19-20-13-10-17(4,18)9-8-14(13)21(23)24/h5-10,14,22H,1-4H3. The normalized spacial score (nSPS) is 24.2. The number of phenols is 1. The van der Waals surface area contributed by atoms with Gasteiger partial charge in [-0.15, -0.1) is 21.8 Å². The van der Waals surface area contributed by atoms with Crippen molar-refractivity contribution in [1.29, 1.82) is 0 Å². The van der Waals surface area contributed by atoms with Crippen molar-refractivity contribution < 1.29 is 10.0 Å². The van der Waals surface area contributed by atoms with Crippen LogP contribution in [0.2, 0.25) is 0 Å². The van der Waals surface area contributed by atoms with Gasteiger partial charge in [0, 0.05) is 10.5 Å². The summed E-state index contributed by atoms with van der Waals surface area (Å²) < 4.78 is 0. The Hall–Kier alpha value is -2.21. The minimum absolute atomic E-state index is 0.0204. The lowest BCUT2D eigenvalue weighted by Crippen LogP contribution is -2.26. The van der Waals surface area contributed by atoms with Gasteiger partial charge < -0.3 is 5.11 Å². The second-order valence-corrected chi connectivity index (χ2v) is 7.75. The smallest absolute Gasteiger partial charge is 0.274 e. The van der Waals surface area contributed by atoms with E-state index in [1.54, 1.807) is 25.1 Å². The van der Waals surface area contributed by atoms with Gasteiger partial charge in [-0.05, 0) is 30.6 Å². The van der Waals surface area contributed by atoms with Gasteiger partial charge in [-0.2, -0.15) is 0 Å². The highest BCUT2D eigenvalue weighted by Crippen LogP contribution is 2.38. The number of hydrogen-bond acceptors (Lipinski definition) is 5. The van der Waals surface area contributed by atoms with Gasteiger partial charge in [-0.25, -0.2) is 0 Å². The number of para-hydroxylation sites is 1. The molecule has 1 aromatic rings. The van der Waals surface area contributed by atoms with Crippen LogP contribution < -0.4 is 0 Å². The molecule has 2 unspecified atom stereocenters. The number of rotatable bonds is 3. The molecule has 1 aliphatic rings. The summed E-state index contributed by atoms with van der Waals surface area (Å²) in [5, 5.41) is 29.5. The molecule has 0 aliphatic heterocycles. The minimum Gasteiger partial charge on any atom is -0.505 e. The average Bonchev–Trinajstić information content (AvgIpc) is 2.43. The maximum Gasteiger partial charge on any atom is 0.274 e. The molecule has 0 fully saturated rings. The first-order valence-corrected chi connectivity index (χ1v) is 7.88. The maximum atomic E-state index is 11.2. The van der Waals surface area contributed by atoms with Crippen LogP contribution in [-0.4, -0.2) is 20.9 Å². The highest BCUT2D eigenvalue weighted by molar-refractivity contribution is 6.26. The zero-order valence-electron chi connectivity index (χ0n) is 14.0. The summed E-state index contributed by atoms with van der Waals surface area (Å²) in [7, 11) is 0. The molecule has 7 heteroatoms. The highest BCUT2D eigenvalue weighted by atomic mass is 35.5. The van der Waals surface area contributed by atoms with Crippen LogP contribution in [0.3, 0.4) is 0 Å². The predicted octanol–water partition coefficient (Wildman–Crippen LogP) is 4.87. The lowest BCUT2D eigenvalue weighted by Gasteiger charge is -2.21. The minimum atomic E-state index is -1.10. The molecule has 0 saturated heterocycles. The summed E-state index contributed by atoms with van der Waals surface area (Å²) in [6.45, 7) is 7.62. The third kappa shape index (κ3) is 4.00. The van der Waals surface area contributed by atoms with Crippen molar-refractivity contribution in [3.8, 4) is 5.75 Å². The molecule has 1 aliphatic carbocycles. The topological polar surface area (TPSA) is 88.1 Å². The number of hydrogen-bond donors (Lipinski definition) is 1. The number of azo groups is 1. The number of allylic oxidation sites excluding steroid dienone is 2. The van der Waals surface area contributed by atoms with E-state index in [1.165, 1.54) is 12.2 Å². The molecule has 1 N–H and O–H groups in total. The van der Waals surface area contributed by atoms with E-state index in [9.17, 15) is 15.2 Å². The zero-order chi connectivity index (χ0) is 18.1. The second-order valence-electron chi connectivity index (χ2n) is 6.93. The van der Waals surface area contributed by atoms with E-state index in [4.69, 9.17) is 11.6 Å². The summed E-state index contributed by atoms with van der Waals surface area (Å²) in [6.07, 6.45) is 4.45. The molecule has 128 valence electrons. The van der Waals surface area contributed by atoms with Crippen LogP contribution >= 0.6 is 11.6 Å². The Kier molecular flexibility index (Phi) is 4.80. The van der Waals surface area contributed by atoms with E-state index in [0.717, 1.165) is 5.56 Å². The number of alkyl halides is 1. The van der Waals surface area contributed by atoms with Gasteiger partial charge in [0.2, 0.25) is 0 Å². The van der Waals surface area contributed by atoms with Crippen LogP contribution in [0.25, 0.3) is 0 Å². The highest BCUT2D eigenvalue weighted by Gasteiger charge is 2.31. The number of nitrogens with zero attached hydrogens (tertiary/aromatic N) is 3. The Balaban J connectivity index is 2.40. The van der Waals surface area contributed by atoms with Gasteiger partial charge >= 0.3 is 0 Å². The van der Waals surface area contributed by atoms with Crippen molar-refractivity contribution in [2.45, 2.75) is 44.0 Å². The largest absolute Gasteiger partial charge is 0.505 e. The Morgan fingerprint density at radius 2 is 2.00 bits per heavy atom. The summed E-state index contributed by atoms with van der Waals surface area (Å²) in [6, 6.07) is 4.08. The molecule has 6 nitrogen and oxygen atoms in total. The maximum absolute atomic E-state index is 11.2. The van der Waals surface area contributed by atoms with E-state index in [1.807, 2.05) is 26.8 Å². The molecule has 0 amide bonds. The molecular formula is C17H20ClN3O3. The predicted molar refractivity (Wildman–Crippen MR) is 93.6 cm³/mol. The third-order valence-corrected chi connectivity index (χ3v) is 3.90. The summed E-state index contributed by atoms with van der Waals surface area (Å²) in [4.78, 5) is 9.85. The molecule has 24 heavy (non-hydrogen) atoms. The van der Waals surface area contributed by atoms with Gasteiger partial charge in [-0.1, -0.05) is 39.0 Å². The van der Waals surface area contributed by atoms with Crippen LogP contribution in [0.5, 0.6) is 5.75 Å². The Bertz CT molecular complexity index is 746. The number of aromatic hydroxyl groups is 1. The molecule has 0 heterocycles. The van der Waals surface area contributed by atoms with E-state index < -0.39 is 15.8 Å². The van der Waals surface area contributed by atoms with Crippen molar-refractivity contribution in [3.63, 3.8) is 0 Å².